The summed E-state index contributed by atoms with van der Waals surface area (Å²) >= 11 is 0. The Morgan fingerprint density at radius 3 is 1.97 bits per heavy atom. The highest BCUT2D eigenvalue weighted by Crippen LogP contribution is 2.39. The fraction of sp³-hybridized carbons (Fsp3) is 0.296. The second-order valence-corrected chi connectivity index (χ2v) is 7.67. The molecular formula is C27H31N3O6. The van der Waals surface area contributed by atoms with Crippen molar-refractivity contribution in [3.05, 3.63) is 65.7 Å². The summed E-state index contributed by atoms with van der Waals surface area (Å²) in [6.45, 7) is 6.74. The zero-order valence-corrected chi connectivity index (χ0v) is 20.7. The Kier molecular flexibility index (Phi) is 9.50. The molecule has 190 valence electrons. The summed E-state index contributed by atoms with van der Waals surface area (Å²) in [5.74, 6) is -0.115. The number of ether oxygens (including phenoxy) is 3. The third kappa shape index (κ3) is 6.88. The Morgan fingerprint density at radius 1 is 0.694 bits per heavy atom. The molecule has 0 heterocycles. The number of nitrogens with one attached hydrogen (secondary N) is 3. The first kappa shape index (κ1) is 26.3. The van der Waals surface area contributed by atoms with Crippen LogP contribution in [-0.2, 0) is 4.79 Å². The van der Waals surface area contributed by atoms with E-state index in [1.165, 1.54) is 12.1 Å². The molecule has 9 nitrogen and oxygen atoms in total. The first-order valence-electron chi connectivity index (χ1n) is 11.9. The van der Waals surface area contributed by atoms with Crippen LogP contribution in [0.5, 0.6) is 17.2 Å². The molecule has 3 amide bonds. The minimum atomic E-state index is -0.548. The molecule has 0 unspecified atom stereocenters. The van der Waals surface area contributed by atoms with Gasteiger partial charge >= 0.3 is 0 Å². The van der Waals surface area contributed by atoms with E-state index in [2.05, 4.69) is 16.2 Å². The third-order valence-corrected chi connectivity index (χ3v) is 5.14. The van der Waals surface area contributed by atoms with Crippen LogP contribution in [0.25, 0.3) is 10.8 Å². The molecule has 0 aliphatic carbocycles. The van der Waals surface area contributed by atoms with Gasteiger partial charge in [0.1, 0.15) is 0 Å². The van der Waals surface area contributed by atoms with Crippen LogP contribution in [0.4, 0.5) is 0 Å². The molecule has 9 heteroatoms. The molecule has 36 heavy (non-hydrogen) atoms. The smallest absolute Gasteiger partial charge is 0.269 e. The molecule has 3 N–H and O–H groups in total. The van der Waals surface area contributed by atoms with Crippen molar-refractivity contribution in [3.8, 4) is 17.2 Å². The van der Waals surface area contributed by atoms with E-state index in [1.807, 2.05) is 51.1 Å². The largest absolute Gasteiger partial charge is 0.490 e. The topological polar surface area (TPSA) is 115 Å². The fourth-order valence-corrected chi connectivity index (χ4v) is 3.50. The maximum absolute atomic E-state index is 12.7. The third-order valence-electron chi connectivity index (χ3n) is 5.14. The van der Waals surface area contributed by atoms with Gasteiger partial charge < -0.3 is 19.5 Å². The molecule has 0 aromatic heterocycles. The first-order chi connectivity index (χ1) is 17.5. The van der Waals surface area contributed by atoms with Gasteiger partial charge in [0.2, 0.25) is 11.7 Å². The number of carbonyl (C=O) groups is 3. The lowest BCUT2D eigenvalue weighted by Crippen LogP contribution is -2.42. The summed E-state index contributed by atoms with van der Waals surface area (Å²) in [5, 5.41) is 4.71. The molecule has 0 bridgehead atoms. The zero-order valence-electron chi connectivity index (χ0n) is 20.7. The van der Waals surface area contributed by atoms with Gasteiger partial charge in [-0.2, -0.15) is 0 Å². The molecule has 0 radical (unpaired) electrons. The Balaban J connectivity index is 1.53. The van der Waals surface area contributed by atoms with Gasteiger partial charge in [-0.25, -0.2) is 0 Å². The average Bonchev–Trinajstić information content (AvgIpc) is 2.88. The van der Waals surface area contributed by atoms with E-state index in [1.54, 1.807) is 12.1 Å². The van der Waals surface area contributed by atoms with Crippen LogP contribution in [0.2, 0.25) is 0 Å². The van der Waals surface area contributed by atoms with Crippen molar-refractivity contribution in [2.24, 2.45) is 0 Å². The summed E-state index contributed by atoms with van der Waals surface area (Å²) in [6, 6.07) is 16.2. The summed E-state index contributed by atoms with van der Waals surface area (Å²) in [5.41, 5.74) is 5.47. The summed E-state index contributed by atoms with van der Waals surface area (Å²) in [4.78, 5) is 37.3. The average molecular weight is 494 g/mol. The normalized spacial score (nSPS) is 10.4. The molecule has 0 saturated carbocycles. The van der Waals surface area contributed by atoms with Gasteiger partial charge in [0.25, 0.3) is 11.8 Å². The van der Waals surface area contributed by atoms with Crippen molar-refractivity contribution in [1.29, 1.82) is 0 Å². The van der Waals surface area contributed by atoms with Gasteiger partial charge in [-0.3, -0.25) is 25.2 Å². The number of hydrogen-bond acceptors (Lipinski definition) is 6. The van der Waals surface area contributed by atoms with Crippen LogP contribution in [0, 0.1) is 0 Å². The molecule has 0 saturated heterocycles. The van der Waals surface area contributed by atoms with E-state index in [9.17, 15) is 14.4 Å². The van der Waals surface area contributed by atoms with Gasteiger partial charge in [0.15, 0.2) is 11.5 Å². The first-order valence-corrected chi connectivity index (χ1v) is 11.9. The fourth-order valence-electron chi connectivity index (χ4n) is 3.50. The Morgan fingerprint density at radius 2 is 1.33 bits per heavy atom. The monoisotopic (exact) mass is 493 g/mol. The van der Waals surface area contributed by atoms with Crippen molar-refractivity contribution < 1.29 is 28.6 Å². The van der Waals surface area contributed by atoms with Crippen molar-refractivity contribution in [2.45, 2.75) is 27.2 Å². The maximum Gasteiger partial charge on any atom is 0.269 e. The second-order valence-electron chi connectivity index (χ2n) is 7.67. The van der Waals surface area contributed by atoms with Crippen molar-refractivity contribution in [1.82, 2.24) is 16.2 Å². The summed E-state index contributed by atoms with van der Waals surface area (Å²) < 4.78 is 16.9. The van der Waals surface area contributed by atoms with Crippen LogP contribution >= 0.6 is 0 Å². The number of amides is 3. The molecule has 3 aromatic rings. The van der Waals surface area contributed by atoms with Gasteiger partial charge in [0, 0.05) is 24.1 Å². The van der Waals surface area contributed by atoms with E-state index in [4.69, 9.17) is 14.2 Å². The molecule has 0 aliphatic heterocycles. The van der Waals surface area contributed by atoms with Gasteiger partial charge in [-0.05, 0) is 55.8 Å². The molecule has 0 fully saturated rings. The Labute approximate surface area is 210 Å². The highest BCUT2D eigenvalue weighted by molar-refractivity contribution is 5.99. The predicted octanol–water partition coefficient (Wildman–Crippen LogP) is 3.62. The van der Waals surface area contributed by atoms with E-state index < -0.39 is 11.8 Å². The number of rotatable bonds is 11. The summed E-state index contributed by atoms with van der Waals surface area (Å²) in [7, 11) is 0. The Bertz CT molecular complexity index is 1200. The Hall–Kier alpha value is -4.27. The van der Waals surface area contributed by atoms with Crippen molar-refractivity contribution in [2.75, 3.05) is 26.4 Å². The number of carbonyl (C=O) groups excluding carboxylic acids is 3. The van der Waals surface area contributed by atoms with Crippen LogP contribution in [0.1, 0.15) is 47.9 Å². The predicted molar refractivity (Wildman–Crippen MR) is 136 cm³/mol. The zero-order chi connectivity index (χ0) is 25.9. The lowest BCUT2D eigenvalue weighted by atomic mass is 10.1. The second kappa shape index (κ2) is 13.0. The highest BCUT2D eigenvalue weighted by atomic mass is 16.5. The minimum Gasteiger partial charge on any atom is -0.490 e. The van der Waals surface area contributed by atoms with Crippen molar-refractivity contribution >= 4 is 28.5 Å². The number of fused-ring (bicyclic) bond motifs is 1. The van der Waals surface area contributed by atoms with Crippen LogP contribution in [0.15, 0.2) is 54.6 Å². The van der Waals surface area contributed by atoms with Gasteiger partial charge in [0.05, 0.1) is 19.8 Å². The molecular weight excluding hydrogens is 462 g/mol. The summed E-state index contributed by atoms with van der Waals surface area (Å²) in [6.07, 6.45) is -0.0166. The van der Waals surface area contributed by atoms with Crippen LogP contribution in [0.3, 0.4) is 0 Å². The quantitative estimate of drug-likeness (QED) is 0.352. The molecule has 3 rings (SSSR count). The molecule has 0 spiro atoms. The lowest BCUT2D eigenvalue weighted by molar-refractivity contribution is -0.121. The molecule has 0 atom stereocenters. The minimum absolute atomic E-state index is 0.0166. The van der Waals surface area contributed by atoms with E-state index >= 15 is 0 Å². The van der Waals surface area contributed by atoms with Crippen LogP contribution in [-0.4, -0.2) is 44.1 Å². The number of hydrogen-bond donors (Lipinski definition) is 3. The number of hydrazine groups is 1. The van der Waals surface area contributed by atoms with E-state index in [-0.39, 0.29) is 24.4 Å². The molecule has 3 aromatic carbocycles. The SMILES string of the molecule is CCOc1cc(C(=O)NNC(=O)CCNC(=O)c2ccc3ccccc3c2)cc(OCC)c1OCC. The van der Waals surface area contributed by atoms with Gasteiger partial charge in [-0.15, -0.1) is 0 Å². The highest BCUT2D eigenvalue weighted by Gasteiger charge is 2.19. The van der Waals surface area contributed by atoms with Crippen molar-refractivity contribution in [3.63, 3.8) is 0 Å². The lowest BCUT2D eigenvalue weighted by Gasteiger charge is -2.17. The maximum atomic E-state index is 12.7. The van der Waals surface area contributed by atoms with Crippen LogP contribution < -0.4 is 30.4 Å². The molecule has 0 aliphatic rings. The van der Waals surface area contributed by atoms with E-state index in [0.717, 1.165) is 10.8 Å². The standard InChI is InChI=1S/C27H31N3O6/c1-4-34-22-16-21(17-23(35-5-2)25(22)36-6-3)27(33)30-29-24(31)13-14-28-26(32)20-12-11-18-9-7-8-10-19(18)15-20/h7-12,15-17H,4-6,13-14H2,1-3H3,(H,28,32)(H,29,31)(H,30,33). The van der Waals surface area contributed by atoms with E-state index in [0.29, 0.717) is 42.6 Å². The van der Waals surface area contributed by atoms with Gasteiger partial charge in [-0.1, -0.05) is 30.3 Å². The number of benzene rings is 3.